The van der Waals surface area contributed by atoms with Crippen LogP contribution in [-0.2, 0) is 26.9 Å². The summed E-state index contributed by atoms with van der Waals surface area (Å²) in [4.78, 5) is 11.7. The van der Waals surface area contributed by atoms with Crippen LogP contribution >= 0.6 is 11.6 Å². The van der Waals surface area contributed by atoms with Gasteiger partial charge in [0.15, 0.2) is 0 Å². The molecule has 0 spiro atoms. The molecule has 3 rings (SSSR count). The van der Waals surface area contributed by atoms with Crippen LogP contribution in [0.25, 0.3) is 0 Å². The van der Waals surface area contributed by atoms with Crippen molar-refractivity contribution >= 4 is 27.6 Å². The Hall–Kier alpha value is -1.89. The van der Waals surface area contributed by atoms with E-state index >= 15 is 0 Å². The second-order valence-corrected chi connectivity index (χ2v) is 8.13. The molecule has 0 amide bonds. The molecule has 1 N–H and O–H groups in total. The maximum atomic E-state index is 12.5. The summed E-state index contributed by atoms with van der Waals surface area (Å²) in [5.74, 6) is -0.623. The number of aryl methyl sites for hydroxylation is 1. The molecule has 0 aliphatic heterocycles. The zero-order chi connectivity index (χ0) is 18.0. The molecule has 0 saturated heterocycles. The van der Waals surface area contributed by atoms with Crippen molar-refractivity contribution in [3.8, 4) is 0 Å². The van der Waals surface area contributed by atoms with Crippen LogP contribution in [0, 0.1) is 0 Å². The first kappa shape index (κ1) is 17.9. The smallest absolute Gasteiger partial charge is 0.337 e. The molecule has 0 aromatic heterocycles. The SMILES string of the molecule is COC(=O)c1ccc2c(c1)C(NS(=O)(=O)Cc1ccccc1Cl)CC2. The Labute approximate surface area is 152 Å². The second-order valence-electron chi connectivity index (χ2n) is 5.96. The van der Waals surface area contributed by atoms with Gasteiger partial charge in [0.25, 0.3) is 0 Å². The highest BCUT2D eigenvalue weighted by Gasteiger charge is 2.28. The lowest BCUT2D eigenvalue weighted by atomic mass is 10.0. The van der Waals surface area contributed by atoms with E-state index in [0.29, 0.717) is 22.6 Å². The van der Waals surface area contributed by atoms with Crippen molar-refractivity contribution < 1.29 is 17.9 Å². The largest absolute Gasteiger partial charge is 0.465 e. The molecule has 7 heteroatoms. The first-order valence-electron chi connectivity index (χ1n) is 7.84. The number of benzene rings is 2. The van der Waals surface area contributed by atoms with Crippen LogP contribution in [0.3, 0.4) is 0 Å². The third kappa shape index (κ3) is 4.03. The van der Waals surface area contributed by atoms with E-state index in [1.807, 2.05) is 6.07 Å². The van der Waals surface area contributed by atoms with E-state index < -0.39 is 16.0 Å². The number of carbonyl (C=O) groups excluding carboxylic acids is 1. The van der Waals surface area contributed by atoms with E-state index in [4.69, 9.17) is 16.3 Å². The first-order chi connectivity index (χ1) is 11.9. The predicted molar refractivity (Wildman–Crippen MR) is 96.1 cm³/mol. The summed E-state index contributed by atoms with van der Waals surface area (Å²) in [5.41, 5.74) is 2.83. The normalized spacial score (nSPS) is 16.5. The lowest BCUT2D eigenvalue weighted by Gasteiger charge is -2.15. The van der Waals surface area contributed by atoms with Crippen LogP contribution in [0.1, 0.15) is 39.5 Å². The number of methoxy groups -OCH3 is 1. The Morgan fingerprint density at radius 2 is 2.04 bits per heavy atom. The molecule has 1 aliphatic carbocycles. The lowest BCUT2D eigenvalue weighted by molar-refractivity contribution is 0.0600. The average molecular weight is 380 g/mol. The van der Waals surface area contributed by atoms with E-state index in [1.165, 1.54) is 7.11 Å². The van der Waals surface area contributed by atoms with Gasteiger partial charge in [0.1, 0.15) is 0 Å². The van der Waals surface area contributed by atoms with Crippen molar-refractivity contribution in [1.29, 1.82) is 0 Å². The van der Waals surface area contributed by atoms with E-state index in [2.05, 4.69) is 4.72 Å². The molecular formula is C18H18ClNO4S. The van der Waals surface area contributed by atoms with Gasteiger partial charge in [-0.25, -0.2) is 17.9 Å². The number of sulfonamides is 1. The standard InChI is InChI=1S/C18H18ClNO4S/c1-24-18(21)13-7-6-12-8-9-17(15(12)10-13)20-25(22,23)11-14-4-2-3-5-16(14)19/h2-7,10,17,20H,8-9,11H2,1H3. The number of hydrogen-bond donors (Lipinski definition) is 1. The number of nitrogens with one attached hydrogen (secondary N) is 1. The number of esters is 1. The minimum absolute atomic E-state index is 0.185. The number of fused-ring (bicyclic) bond motifs is 1. The first-order valence-corrected chi connectivity index (χ1v) is 9.87. The molecule has 2 aromatic rings. The number of halogens is 1. The summed E-state index contributed by atoms with van der Waals surface area (Å²) in [6.45, 7) is 0. The highest BCUT2D eigenvalue weighted by atomic mass is 35.5. The quantitative estimate of drug-likeness (QED) is 0.809. The predicted octanol–water partition coefficient (Wildman–Crippen LogP) is 3.23. The third-order valence-corrected chi connectivity index (χ3v) is 5.97. The van der Waals surface area contributed by atoms with Crippen molar-refractivity contribution in [3.05, 3.63) is 69.7 Å². The number of carbonyl (C=O) groups is 1. The van der Waals surface area contributed by atoms with E-state index in [9.17, 15) is 13.2 Å². The molecule has 0 heterocycles. The van der Waals surface area contributed by atoms with Crippen molar-refractivity contribution in [2.75, 3.05) is 7.11 Å². The van der Waals surface area contributed by atoms with Gasteiger partial charge in [0.2, 0.25) is 10.0 Å². The van der Waals surface area contributed by atoms with Crippen molar-refractivity contribution in [2.24, 2.45) is 0 Å². The molecule has 25 heavy (non-hydrogen) atoms. The molecule has 1 unspecified atom stereocenters. The molecule has 1 atom stereocenters. The van der Waals surface area contributed by atoms with Gasteiger partial charge in [-0.2, -0.15) is 0 Å². The molecule has 2 aromatic carbocycles. The number of hydrogen-bond acceptors (Lipinski definition) is 4. The summed E-state index contributed by atoms with van der Waals surface area (Å²) >= 11 is 6.06. The molecule has 0 radical (unpaired) electrons. The average Bonchev–Trinajstić information content (AvgIpc) is 2.97. The molecule has 0 saturated carbocycles. The van der Waals surface area contributed by atoms with Crippen LogP contribution < -0.4 is 4.72 Å². The van der Waals surface area contributed by atoms with Gasteiger partial charge in [-0.05, 0) is 47.7 Å². The molecular weight excluding hydrogens is 362 g/mol. The van der Waals surface area contributed by atoms with Crippen molar-refractivity contribution in [2.45, 2.75) is 24.6 Å². The highest BCUT2D eigenvalue weighted by Crippen LogP contribution is 2.33. The Morgan fingerprint density at radius 1 is 1.28 bits per heavy atom. The Balaban J connectivity index is 1.81. The zero-order valence-corrected chi connectivity index (χ0v) is 15.2. The Bertz CT molecular complexity index is 911. The monoisotopic (exact) mass is 379 g/mol. The topological polar surface area (TPSA) is 72.5 Å². The van der Waals surface area contributed by atoms with Gasteiger partial charge < -0.3 is 4.74 Å². The summed E-state index contributed by atoms with van der Waals surface area (Å²) in [7, 11) is -2.25. The second kappa shape index (κ2) is 7.15. The van der Waals surface area contributed by atoms with Gasteiger partial charge in [-0.3, -0.25) is 0 Å². The van der Waals surface area contributed by atoms with Gasteiger partial charge >= 0.3 is 5.97 Å². The molecule has 132 valence electrons. The van der Waals surface area contributed by atoms with Crippen LogP contribution in [-0.4, -0.2) is 21.5 Å². The molecule has 5 nitrogen and oxygen atoms in total. The van der Waals surface area contributed by atoms with E-state index in [0.717, 1.165) is 17.5 Å². The summed E-state index contributed by atoms with van der Waals surface area (Å²) in [5, 5.41) is 0.424. The highest BCUT2D eigenvalue weighted by molar-refractivity contribution is 7.88. The minimum atomic E-state index is -3.57. The summed E-state index contributed by atoms with van der Waals surface area (Å²) in [6, 6.07) is 11.8. The lowest BCUT2D eigenvalue weighted by Crippen LogP contribution is -2.28. The van der Waals surface area contributed by atoms with E-state index in [-0.39, 0.29) is 11.8 Å². The van der Waals surface area contributed by atoms with Crippen molar-refractivity contribution in [1.82, 2.24) is 4.72 Å². The maximum Gasteiger partial charge on any atom is 0.337 e. The fourth-order valence-corrected chi connectivity index (χ4v) is 4.75. The van der Waals surface area contributed by atoms with Gasteiger partial charge in [-0.1, -0.05) is 35.9 Å². The third-order valence-electron chi connectivity index (χ3n) is 4.27. The fourth-order valence-electron chi connectivity index (χ4n) is 3.05. The Kier molecular flexibility index (Phi) is 5.13. The number of rotatable bonds is 5. The molecule has 1 aliphatic rings. The van der Waals surface area contributed by atoms with Crippen LogP contribution in [0.5, 0.6) is 0 Å². The molecule has 0 bridgehead atoms. The fraction of sp³-hybridized carbons (Fsp3) is 0.278. The summed E-state index contributed by atoms with van der Waals surface area (Å²) < 4.78 is 32.5. The maximum absolute atomic E-state index is 12.5. The van der Waals surface area contributed by atoms with Crippen LogP contribution in [0.4, 0.5) is 0 Å². The number of ether oxygens (including phenoxy) is 1. The summed E-state index contributed by atoms with van der Waals surface area (Å²) in [6.07, 6.45) is 1.41. The van der Waals surface area contributed by atoms with Gasteiger partial charge in [-0.15, -0.1) is 0 Å². The van der Waals surface area contributed by atoms with E-state index in [1.54, 1.807) is 36.4 Å². The Morgan fingerprint density at radius 3 is 2.76 bits per heavy atom. The minimum Gasteiger partial charge on any atom is -0.465 e. The van der Waals surface area contributed by atoms with Gasteiger partial charge in [0, 0.05) is 11.1 Å². The van der Waals surface area contributed by atoms with Crippen LogP contribution in [0.15, 0.2) is 42.5 Å². The van der Waals surface area contributed by atoms with Gasteiger partial charge in [0.05, 0.1) is 18.4 Å². The zero-order valence-electron chi connectivity index (χ0n) is 13.7. The van der Waals surface area contributed by atoms with Crippen molar-refractivity contribution in [3.63, 3.8) is 0 Å². The molecule has 0 fully saturated rings. The van der Waals surface area contributed by atoms with Crippen LogP contribution in [0.2, 0.25) is 5.02 Å².